The maximum absolute atomic E-state index is 14.6. The molecule has 9 nitrogen and oxygen atoms in total. The van der Waals surface area contributed by atoms with Gasteiger partial charge in [-0.15, -0.1) is 5.10 Å². The standard InChI is InChI=1S/C33H41F2N5O4/c1-20-10-12-24(29(41)38-15-9-14-33(38,8)18-22-17-23(34)11-13-25(22)35)27(16-20)39-19-26(36-37-39)28-21(2)43-32(6,7)40(28)30(42)44-31(3,4)5/h10-13,16-17,19,21,28H,9,14-15,18H2,1-8H3/t21-,28+,33?/m1/s1. The third-order valence-corrected chi connectivity index (χ3v) is 8.38. The van der Waals surface area contributed by atoms with Gasteiger partial charge in [-0.05, 0) is 116 Å². The minimum atomic E-state index is -0.956. The molecule has 236 valence electrons. The van der Waals surface area contributed by atoms with Gasteiger partial charge in [0, 0.05) is 12.1 Å². The van der Waals surface area contributed by atoms with Crippen molar-refractivity contribution >= 4 is 12.0 Å². The fraction of sp³-hybridized carbons (Fsp3) is 0.515. The van der Waals surface area contributed by atoms with Crippen LogP contribution in [0.2, 0.25) is 0 Å². The Morgan fingerprint density at radius 2 is 1.84 bits per heavy atom. The molecule has 11 heteroatoms. The molecule has 0 spiro atoms. The summed E-state index contributed by atoms with van der Waals surface area (Å²) >= 11 is 0. The molecule has 2 fully saturated rings. The molecular weight excluding hydrogens is 568 g/mol. The number of ether oxygens (including phenoxy) is 2. The third kappa shape index (κ3) is 6.06. The lowest BCUT2D eigenvalue weighted by atomic mass is 9.89. The summed E-state index contributed by atoms with van der Waals surface area (Å²) < 4.78 is 42.0. The quantitative estimate of drug-likeness (QED) is 0.327. The molecule has 5 rings (SSSR count). The zero-order chi connectivity index (χ0) is 32.2. The Labute approximate surface area is 257 Å². The van der Waals surface area contributed by atoms with Crippen molar-refractivity contribution in [1.82, 2.24) is 24.8 Å². The molecule has 1 unspecified atom stereocenters. The van der Waals surface area contributed by atoms with Crippen LogP contribution in [0.5, 0.6) is 0 Å². The molecule has 1 aromatic heterocycles. The highest BCUT2D eigenvalue weighted by molar-refractivity contribution is 5.98. The van der Waals surface area contributed by atoms with Crippen LogP contribution in [-0.2, 0) is 15.9 Å². The van der Waals surface area contributed by atoms with Crippen LogP contribution in [0.25, 0.3) is 5.69 Å². The number of benzene rings is 2. The van der Waals surface area contributed by atoms with E-state index >= 15 is 0 Å². The monoisotopic (exact) mass is 609 g/mol. The molecule has 2 aliphatic rings. The number of hydrogen-bond acceptors (Lipinski definition) is 6. The molecule has 2 aromatic carbocycles. The predicted octanol–water partition coefficient (Wildman–Crippen LogP) is 6.52. The van der Waals surface area contributed by atoms with Crippen LogP contribution in [-0.4, -0.2) is 66.3 Å². The van der Waals surface area contributed by atoms with Crippen LogP contribution in [0, 0.1) is 18.6 Å². The zero-order valence-corrected chi connectivity index (χ0v) is 26.6. The lowest BCUT2D eigenvalue weighted by Crippen LogP contribution is -2.47. The van der Waals surface area contributed by atoms with Gasteiger partial charge in [0.05, 0.1) is 23.6 Å². The average molecular weight is 610 g/mol. The van der Waals surface area contributed by atoms with Gasteiger partial charge in [0.1, 0.15) is 34.7 Å². The van der Waals surface area contributed by atoms with Gasteiger partial charge >= 0.3 is 6.09 Å². The Morgan fingerprint density at radius 3 is 2.55 bits per heavy atom. The Hall–Kier alpha value is -3.86. The molecule has 3 heterocycles. The summed E-state index contributed by atoms with van der Waals surface area (Å²) in [4.78, 5) is 30.8. The highest BCUT2D eigenvalue weighted by Gasteiger charge is 2.51. The van der Waals surface area contributed by atoms with Crippen molar-refractivity contribution < 1.29 is 27.8 Å². The number of nitrogens with zero attached hydrogens (tertiary/aromatic N) is 5. The summed E-state index contributed by atoms with van der Waals surface area (Å²) in [5, 5.41) is 8.82. The van der Waals surface area contributed by atoms with Crippen molar-refractivity contribution in [3.63, 3.8) is 0 Å². The second-order valence-electron chi connectivity index (χ2n) is 13.6. The first-order valence-electron chi connectivity index (χ1n) is 15.0. The number of carbonyl (C=O) groups excluding carboxylic acids is 2. The van der Waals surface area contributed by atoms with Crippen LogP contribution in [0.15, 0.2) is 42.6 Å². The van der Waals surface area contributed by atoms with Gasteiger partial charge in [-0.1, -0.05) is 11.3 Å². The number of likely N-dealkylation sites (tertiary alicyclic amines) is 1. The van der Waals surface area contributed by atoms with Crippen molar-refractivity contribution in [2.75, 3.05) is 6.54 Å². The first-order chi connectivity index (χ1) is 20.5. The van der Waals surface area contributed by atoms with E-state index in [9.17, 15) is 18.4 Å². The number of halogens is 2. The maximum Gasteiger partial charge on any atom is 0.413 e. The number of carbonyl (C=O) groups is 2. The van der Waals surface area contributed by atoms with Gasteiger partial charge in [-0.25, -0.2) is 18.3 Å². The first-order valence-corrected chi connectivity index (χ1v) is 15.0. The Balaban J connectivity index is 1.48. The van der Waals surface area contributed by atoms with Gasteiger partial charge in [-0.3, -0.25) is 9.69 Å². The van der Waals surface area contributed by atoms with Crippen molar-refractivity contribution in [3.8, 4) is 5.69 Å². The van der Waals surface area contributed by atoms with E-state index in [4.69, 9.17) is 9.47 Å². The topological polar surface area (TPSA) is 89.8 Å². The molecule has 0 aliphatic carbocycles. The van der Waals surface area contributed by atoms with E-state index in [1.165, 1.54) is 6.07 Å². The van der Waals surface area contributed by atoms with E-state index in [-0.39, 0.29) is 17.9 Å². The van der Waals surface area contributed by atoms with Crippen molar-refractivity contribution in [2.45, 2.75) is 104 Å². The summed E-state index contributed by atoms with van der Waals surface area (Å²) in [7, 11) is 0. The fourth-order valence-corrected chi connectivity index (χ4v) is 6.47. The number of aryl methyl sites for hydroxylation is 1. The summed E-state index contributed by atoms with van der Waals surface area (Å²) in [6.07, 6.45) is 2.35. The van der Waals surface area contributed by atoms with Gasteiger partial charge in [0.25, 0.3) is 5.91 Å². The van der Waals surface area contributed by atoms with E-state index < -0.39 is 46.7 Å². The number of aromatic nitrogens is 3. The lowest BCUT2D eigenvalue weighted by molar-refractivity contribution is -0.0757. The second-order valence-corrected chi connectivity index (χ2v) is 13.6. The highest BCUT2D eigenvalue weighted by atomic mass is 19.1. The molecule has 0 saturated carbocycles. The lowest BCUT2D eigenvalue weighted by Gasteiger charge is -2.36. The van der Waals surface area contributed by atoms with Crippen molar-refractivity contribution in [2.24, 2.45) is 0 Å². The largest absolute Gasteiger partial charge is 0.444 e. The Morgan fingerprint density at radius 1 is 1.11 bits per heavy atom. The van der Waals surface area contributed by atoms with E-state index in [2.05, 4.69) is 10.3 Å². The van der Waals surface area contributed by atoms with E-state index in [0.29, 0.717) is 29.9 Å². The molecule has 44 heavy (non-hydrogen) atoms. The summed E-state index contributed by atoms with van der Waals surface area (Å²) in [5.74, 6) is -1.24. The molecule has 2 amide bonds. The van der Waals surface area contributed by atoms with Gasteiger partial charge in [0.2, 0.25) is 0 Å². The van der Waals surface area contributed by atoms with E-state index in [1.54, 1.807) is 61.4 Å². The van der Waals surface area contributed by atoms with Gasteiger partial charge in [-0.2, -0.15) is 0 Å². The molecule has 0 radical (unpaired) electrons. The van der Waals surface area contributed by atoms with Crippen LogP contribution in [0.1, 0.15) is 94.5 Å². The number of rotatable bonds is 5. The van der Waals surface area contributed by atoms with Crippen LogP contribution < -0.4 is 0 Å². The molecule has 3 atom stereocenters. The minimum absolute atomic E-state index is 0.187. The predicted molar refractivity (Wildman–Crippen MR) is 160 cm³/mol. The van der Waals surface area contributed by atoms with Gasteiger partial charge in [0.15, 0.2) is 0 Å². The van der Waals surface area contributed by atoms with E-state index in [1.807, 2.05) is 32.9 Å². The molecular formula is C33H41F2N5O4. The van der Waals surface area contributed by atoms with Crippen LogP contribution in [0.3, 0.4) is 0 Å². The summed E-state index contributed by atoms with van der Waals surface area (Å²) in [6, 6.07) is 8.30. The normalized spacial score (nSPS) is 23.3. The first kappa shape index (κ1) is 31.6. The summed E-state index contributed by atoms with van der Waals surface area (Å²) in [6.45, 7) is 15.2. The number of amides is 2. The molecule has 2 saturated heterocycles. The molecule has 0 bridgehead atoms. The van der Waals surface area contributed by atoms with Gasteiger partial charge < -0.3 is 14.4 Å². The Bertz CT molecular complexity index is 1580. The Kier molecular flexibility index (Phi) is 8.07. The minimum Gasteiger partial charge on any atom is -0.444 e. The smallest absolute Gasteiger partial charge is 0.413 e. The van der Waals surface area contributed by atoms with Crippen LogP contribution in [0.4, 0.5) is 13.6 Å². The number of hydrogen-bond donors (Lipinski definition) is 0. The molecule has 2 aliphatic heterocycles. The fourth-order valence-electron chi connectivity index (χ4n) is 6.47. The van der Waals surface area contributed by atoms with Crippen molar-refractivity contribution in [3.05, 3.63) is 76.6 Å². The molecule has 0 N–H and O–H groups in total. The van der Waals surface area contributed by atoms with Crippen molar-refractivity contribution in [1.29, 1.82) is 0 Å². The summed E-state index contributed by atoms with van der Waals surface area (Å²) in [5.41, 5.74) is 0.189. The second kappa shape index (κ2) is 11.3. The SMILES string of the molecule is Cc1ccc(C(=O)N2CCCC2(C)Cc2cc(F)ccc2F)c(-n2cc([C@@H]3[C@@H](C)OC(C)(C)N3C(=O)OC(C)(C)C)nn2)c1. The molecule has 3 aromatic rings. The zero-order valence-electron chi connectivity index (χ0n) is 26.6. The average Bonchev–Trinajstić information content (AvgIpc) is 3.59. The van der Waals surface area contributed by atoms with Crippen LogP contribution >= 0.6 is 0 Å². The maximum atomic E-state index is 14.6. The highest BCUT2D eigenvalue weighted by Crippen LogP contribution is 2.42. The van der Waals surface area contributed by atoms with E-state index in [0.717, 1.165) is 24.1 Å². The third-order valence-electron chi connectivity index (χ3n) is 8.38.